The van der Waals surface area contributed by atoms with Crippen molar-refractivity contribution in [2.75, 3.05) is 14.2 Å². The average molecular weight is 263 g/mol. The van der Waals surface area contributed by atoms with Crippen LogP contribution >= 0.6 is 0 Å². The highest BCUT2D eigenvalue weighted by molar-refractivity contribution is 5.80. The second kappa shape index (κ2) is 5.09. The van der Waals surface area contributed by atoms with Crippen molar-refractivity contribution in [2.24, 2.45) is 5.73 Å². The Morgan fingerprint density at radius 2 is 1.89 bits per heavy atom. The van der Waals surface area contributed by atoms with E-state index in [1.54, 1.807) is 14.2 Å². The van der Waals surface area contributed by atoms with Crippen molar-refractivity contribution in [3.63, 3.8) is 0 Å². The zero-order valence-corrected chi connectivity index (χ0v) is 11.9. The van der Waals surface area contributed by atoms with Gasteiger partial charge in [0.2, 0.25) is 0 Å². The van der Waals surface area contributed by atoms with E-state index in [1.807, 2.05) is 19.1 Å². The minimum absolute atomic E-state index is 0.450. The normalized spacial score (nSPS) is 14.4. The molecule has 1 unspecified atom stereocenters. The molecule has 19 heavy (non-hydrogen) atoms. The van der Waals surface area contributed by atoms with Gasteiger partial charge in [-0.15, -0.1) is 0 Å². The van der Waals surface area contributed by atoms with E-state index >= 15 is 0 Å². The lowest BCUT2D eigenvalue weighted by atomic mass is 9.97. The van der Waals surface area contributed by atoms with E-state index in [2.05, 4.69) is 16.9 Å². The van der Waals surface area contributed by atoms with Gasteiger partial charge in [-0.3, -0.25) is 0 Å². The van der Waals surface area contributed by atoms with E-state index in [4.69, 9.17) is 15.2 Å². The van der Waals surface area contributed by atoms with E-state index < -0.39 is 5.54 Å². The first-order chi connectivity index (χ1) is 9.01. The number of fused-ring (bicyclic) bond motifs is 1. The molecule has 0 spiro atoms. The van der Waals surface area contributed by atoms with Gasteiger partial charge in [-0.1, -0.05) is 13.3 Å². The predicted octanol–water partition coefficient (Wildman–Crippen LogP) is 2.55. The first-order valence-electron chi connectivity index (χ1n) is 6.43. The smallest absolute Gasteiger partial charge is 0.163 e. The quantitative estimate of drug-likeness (QED) is 0.869. The van der Waals surface area contributed by atoms with Gasteiger partial charge in [0.05, 0.1) is 30.8 Å². The third-order valence-electron chi connectivity index (χ3n) is 3.30. The molecule has 0 bridgehead atoms. The number of H-pyrrole nitrogens is 1. The van der Waals surface area contributed by atoms with Crippen molar-refractivity contribution in [2.45, 2.75) is 32.2 Å². The zero-order valence-electron chi connectivity index (χ0n) is 11.9. The largest absolute Gasteiger partial charge is 0.493 e. The molecule has 104 valence electrons. The fourth-order valence-electron chi connectivity index (χ4n) is 2.25. The van der Waals surface area contributed by atoms with Gasteiger partial charge in [0.15, 0.2) is 11.5 Å². The lowest BCUT2D eigenvalue weighted by Gasteiger charge is -2.20. The number of nitrogens with one attached hydrogen (secondary N) is 1. The van der Waals surface area contributed by atoms with E-state index in [0.29, 0.717) is 11.5 Å². The number of benzene rings is 1. The maximum absolute atomic E-state index is 6.30. The molecule has 1 aromatic carbocycles. The Hall–Kier alpha value is -1.75. The summed E-state index contributed by atoms with van der Waals surface area (Å²) in [6, 6.07) is 3.74. The summed E-state index contributed by atoms with van der Waals surface area (Å²) < 4.78 is 10.6. The molecule has 0 aliphatic rings. The molecule has 1 aromatic heterocycles. The van der Waals surface area contributed by atoms with Gasteiger partial charge in [-0.2, -0.15) is 0 Å². The fraction of sp³-hybridized carbons (Fsp3) is 0.500. The van der Waals surface area contributed by atoms with Crippen LogP contribution in [0.25, 0.3) is 11.0 Å². The van der Waals surface area contributed by atoms with Crippen molar-refractivity contribution < 1.29 is 9.47 Å². The molecule has 0 fully saturated rings. The summed E-state index contributed by atoms with van der Waals surface area (Å²) in [6.45, 7) is 4.10. The number of aromatic nitrogens is 2. The number of aromatic amines is 1. The second-order valence-corrected chi connectivity index (χ2v) is 4.98. The number of hydrogen-bond acceptors (Lipinski definition) is 4. The van der Waals surface area contributed by atoms with Crippen molar-refractivity contribution in [3.8, 4) is 11.5 Å². The summed E-state index contributed by atoms with van der Waals surface area (Å²) in [5, 5.41) is 0. The van der Waals surface area contributed by atoms with Crippen LogP contribution in [-0.4, -0.2) is 24.2 Å². The number of imidazole rings is 1. The number of nitrogens with zero attached hydrogens (tertiary/aromatic N) is 1. The molecule has 1 heterocycles. The lowest BCUT2D eigenvalue weighted by molar-refractivity contribution is 0.356. The molecule has 2 aromatic rings. The van der Waals surface area contributed by atoms with Gasteiger partial charge < -0.3 is 20.2 Å². The standard InChI is InChI=1S/C14H21N3O2/c1-5-6-14(2,15)13-16-9-7-11(18-3)12(19-4)8-10(9)17-13/h7-8H,5-6,15H2,1-4H3,(H,16,17). The Morgan fingerprint density at radius 3 is 2.47 bits per heavy atom. The second-order valence-electron chi connectivity index (χ2n) is 4.98. The molecule has 5 heteroatoms. The first kappa shape index (κ1) is 13.7. The number of rotatable bonds is 5. The Bertz CT molecular complexity index is 534. The summed E-state index contributed by atoms with van der Waals surface area (Å²) >= 11 is 0. The van der Waals surface area contributed by atoms with Crippen LogP contribution in [0.2, 0.25) is 0 Å². The number of nitrogens with two attached hydrogens (primary N) is 1. The molecular weight excluding hydrogens is 242 g/mol. The van der Waals surface area contributed by atoms with Gasteiger partial charge in [0.1, 0.15) is 5.82 Å². The monoisotopic (exact) mass is 263 g/mol. The summed E-state index contributed by atoms with van der Waals surface area (Å²) in [5.41, 5.74) is 7.58. The molecule has 0 radical (unpaired) electrons. The van der Waals surface area contributed by atoms with Crippen LogP contribution in [-0.2, 0) is 5.54 Å². The number of methoxy groups -OCH3 is 2. The molecular formula is C14H21N3O2. The van der Waals surface area contributed by atoms with Gasteiger partial charge >= 0.3 is 0 Å². The van der Waals surface area contributed by atoms with Crippen molar-refractivity contribution in [1.82, 2.24) is 9.97 Å². The van der Waals surface area contributed by atoms with Crippen LogP contribution in [0.3, 0.4) is 0 Å². The molecule has 0 saturated heterocycles. The van der Waals surface area contributed by atoms with Crippen molar-refractivity contribution in [3.05, 3.63) is 18.0 Å². The van der Waals surface area contributed by atoms with Gasteiger partial charge in [-0.05, 0) is 13.3 Å². The first-order valence-corrected chi connectivity index (χ1v) is 6.43. The van der Waals surface area contributed by atoms with Crippen LogP contribution in [0.15, 0.2) is 12.1 Å². The lowest BCUT2D eigenvalue weighted by Crippen LogP contribution is -2.34. The van der Waals surface area contributed by atoms with E-state index in [1.165, 1.54) is 0 Å². The molecule has 0 saturated carbocycles. The van der Waals surface area contributed by atoms with Crippen LogP contribution < -0.4 is 15.2 Å². The summed E-state index contributed by atoms with van der Waals surface area (Å²) in [6.07, 6.45) is 1.89. The summed E-state index contributed by atoms with van der Waals surface area (Å²) in [4.78, 5) is 7.85. The Labute approximate surface area is 113 Å². The van der Waals surface area contributed by atoms with Crippen molar-refractivity contribution >= 4 is 11.0 Å². The van der Waals surface area contributed by atoms with E-state index in [-0.39, 0.29) is 0 Å². The summed E-state index contributed by atoms with van der Waals surface area (Å²) in [5.74, 6) is 2.14. The predicted molar refractivity (Wildman–Crippen MR) is 75.6 cm³/mol. The Balaban J connectivity index is 2.51. The SMILES string of the molecule is CCCC(C)(N)c1nc2cc(OC)c(OC)cc2[nH]1. The van der Waals surface area contributed by atoms with Crippen LogP contribution in [0, 0.1) is 0 Å². The maximum Gasteiger partial charge on any atom is 0.163 e. The number of hydrogen-bond donors (Lipinski definition) is 2. The topological polar surface area (TPSA) is 73.2 Å². The molecule has 3 N–H and O–H groups in total. The molecule has 2 rings (SSSR count). The van der Waals surface area contributed by atoms with Crippen LogP contribution in [0.1, 0.15) is 32.5 Å². The van der Waals surface area contributed by atoms with E-state index in [0.717, 1.165) is 29.7 Å². The van der Waals surface area contributed by atoms with Gasteiger partial charge in [0, 0.05) is 12.1 Å². The Morgan fingerprint density at radius 1 is 1.26 bits per heavy atom. The Kier molecular flexibility index (Phi) is 3.66. The summed E-state index contributed by atoms with van der Waals surface area (Å²) in [7, 11) is 3.23. The molecule has 1 atom stereocenters. The molecule has 0 amide bonds. The van der Waals surface area contributed by atoms with Crippen LogP contribution in [0.4, 0.5) is 0 Å². The highest BCUT2D eigenvalue weighted by Gasteiger charge is 2.24. The zero-order chi connectivity index (χ0) is 14.0. The van der Waals surface area contributed by atoms with Gasteiger partial charge in [0.25, 0.3) is 0 Å². The fourth-order valence-corrected chi connectivity index (χ4v) is 2.25. The molecule has 0 aliphatic heterocycles. The average Bonchev–Trinajstić information content (AvgIpc) is 2.80. The van der Waals surface area contributed by atoms with E-state index in [9.17, 15) is 0 Å². The molecule has 0 aliphatic carbocycles. The molecule has 5 nitrogen and oxygen atoms in total. The number of ether oxygens (including phenoxy) is 2. The highest BCUT2D eigenvalue weighted by atomic mass is 16.5. The van der Waals surface area contributed by atoms with Gasteiger partial charge in [-0.25, -0.2) is 4.98 Å². The van der Waals surface area contributed by atoms with Crippen molar-refractivity contribution in [1.29, 1.82) is 0 Å². The minimum Gasteiger partial charge on any atom is -0.493 e. The minimum atomic E-state index is -0.450. The third kappa shape index (κ3) is 2.51. The maximum atomic E-state index is 6.30. The highest BCUT2D eigenvalue weighted by Crippen LogP contribution is 2.32. The third-order valence-corrected chi connectivity index (χ3v) is 3.30. The van der Waals surface area contributed by atoms with Crippen LogP contribution in [0.5, 0.6) is 11.5 Å².